The number of aromatic nitrogens is 1. The summed E-state index contributed by atoms with van der Waals surface area (Å²) in [6, 6.07) is 21.2. The van der Waals surface area contributed by atoms with Crippen molar-refractivity contribution in [2.75, 3.05) is 0 Å². The number of benzene rings is 4. The Bertz CT molecular complexity index is 1970. The van der Waals surface area contributed by atoms with Gasteiger partial charge in [-0.15, -0.1) is 0 Å². The summed E-state index contributed by atoms with van der Waals surface area (Å²) in [6.07, 6.45) is 2.83. The number of fused-ring (bicyclic) bond motifs is 1. The van der Waals surface area contributed by atoms with Crippen LogP contribution in [0.2, 0.25) is 5.02 Å². The standard InChI is InChI=1S/C33H28ClFN2O6S/c1-3-4-27(21-5-7-23(8-6-21)33(38)39)31(22-9-11-24(34)12-10-22)29-19-36(32-28(29)17-20(2)18-30(32)35)44(42,43)26-15-13-25(14-16-26)37(40)41/h5-19,27,31H,3-4H2,1-2H3,(H,38,39)/t27-,31+/m1/s1. The lowest BCUT2D eigenvalue weighted by Gasteiger charge is -2.28. The van der Waals surface area contributed by atoms with Crippen molar-refractivity contribution in [2.45, 2.75) is 43.4 Å². The number of hydrogen-bond acceptors (Lipinski definition) is 5. The zero-order chi connectivity index (χ0) is 31.8. The Balaban J connectivity index is 1.79. The van der Waals surface area contributed by atoms with Gasteiger partial charge in [-0.1, -0.05) is 49.2 Å². The number of halogens is 2. The minimum atomic E-state index is -4.40. The molecule has 226 valence electrons. The van der Waals surface area contributed by atoms with Crippen LogP contribution < -0.4 is 0 Å². The smallest absolute Gasteiger partial charge is 0.335 e. The first-order valence-electron chi connectivity index (χ1n) is 13.8. The predicted octanol–water partition coefficient (Wildman–Crippen LogP) is 8.30. The summed E-state index contributed by atoms with van der Waals surface area (Å²) in [5.41, 5.74) is 2.51. The third-order valence-corrected chi connectivity index (χ3v) is 9.68. The van der Waals surface area contributed by atoms with Gasteiger partial charge in [0, 0.05) is 34.7 Å². The van der Waals surface area contributed by atoms with Gasteiger partial charge in [-0.05, 0) is 90.0 Å². The number of aryl methyl sites for hydroxylation is 1. The molecule has 5 aromatic rings. The quantitative estimate of drug-likeness (QED) is 0.122. The van der Waals surface area contributed by atoms with Gasteiger partial charge < -0.3 is 5.11 Å². The summed E-state index contributed by atoms with van der Waals surface area (Å²) in [5.74, 6) is -2.53. The first-order chi connectivity index (χ1) is 20.9. The molecule has 4 aromatic carbocycles. The third kappa shape index (κ3) is 5.82. The minimum absolute atomic E-state index is 0.135. The molecule has 1 N–H and O–H groups in total. The van der Waals surface area contributed by atoms with Crippen LogP contribution in [0, 0.1) is 22.9 Å². The molecule has 5 rings (SSSR count). The first kappa shape index (κ1) is 30.9. The van der Waals surface area contributed by atoms with Crippen LogP contribution >= 0.6 is 11.6 Å². The maximum Gasteiger partial charge on any atom is 0.335 e. The third-order valence-electron chi connectivity index (χ3n) is 7.75. The van der Waals surface area contributed by atoms with Crippen LogP contribution in [0.25, 0.3) is 10.9 Å². The number of rotatable bonds is 10. The van der Waals surface area contributed by atoms with Crippen LogP contribution in [0.3, 0.4) is 0 Å². The van der Waals surface area contributed by atoms with Crippen LogP contribution in [0.15, 0.2) is 96.0 Å². The molecule has 2 atom stereocenters. The van der Waals surface area contributed by atoms with Crippen molar-refractivity contribution < 1.29 is 27.6 Å². The maximum absolute atomic E-state index is 15.8. The van der Waals surface area contributed by atoms with Crippen LogP contribution in [0.5, 0.6) is 0 Å². The molecular formula is C33H28ClFN2O6S. The summed E-state index contributed by atoms with van der Waals surface area (Å²) < 4.78 is 44.7. The molecule has 11 heteroatoms. The van der Waals surface area contributed by atoms with E-state index in [0.29, 0.717) is 28.0 Å². The molecule has 0 aliphatic heterocycles. The Labute approximate surface area is 258 Å². The van der Waals surface area contributed by atoms with Crippen LogP contribution in [0.1, 0.15) is 64.2 Å². The highest BCUT2D eigenvalue weighted by molar-refractivity contribution is 7.90. The molecule has 0 unspecified atom stereocenters. The largest absolute Gasteiger partial charge is 0.478 e. The van der Waals surface area contributed by atoms with Crippen molar-refractivity contribution in [1.29, 1.82) is 0 Å². The summed E-state index contributed by atoms with van der Waals surface area (Å²) >= 11 is 6.24. The van der Waals surface area contributed by atoms with E-state index in [1.165, 1.54) is 24.4 Å². The second kappa shape index (κ2) is 12.2. The molecule has 44 heavy (non-hydrogen) atoms. The molecule has 0 aliphatic rings. The molecule has 0 saturated carbocycles. The molecule has 8 nitrogen and oxygen atoms in total. The van der Waals surface area contributed by atoms with Crippen molar-refractivity contribution in [2.24, 2.45) is 0 Å². The van der Waals surface area contributed by atoms with Gasteiger partial charge in [-0.25, -0.2) is 21.6 Å². The number of hydrogen-bond donors (Lipinski definition) is 1. The van der Waals surface area contributed by atoms with Crippen LogP contribution in [0.4, 0.5) is 10.1 Å². The average molecular weight is 635 g/mol. The summed E-state index contributed by atoms with van der Waals surface area (Å²) in [5, 5.41) is 21.5. The van der Waals surface area contributed by atoms with E-state index in [9.17, 15) is 28.4 Å². The molecule has 0 aliphatic carbocycles. The lowest BCUT2D eigenvalue weighted by molar-refractivity contribution is -0.384. The second-order valence-corrected chi connectivity index (χ2v) is 12.9. The second-order valence-electron chi connectivity index (χ2n) is 10.6. The van der Waals surface area contributed by atoms with E-state index >= 15 is 4.39 Å². The van der Waals surface area contributed by atoms with Gasteiger partial charge in [-0.3, -0.25) is 10.1 Å². The Kier molecular flexibility index (Phi) is 8.58. The molecule has 1 heterocycles. The summed E-state index contributed by atoms with van der Waals surface area (Å²) in [6.45, 7) is 3.74. The average Bonchev–Trinajstić information content (AvgIpc) is 3.38. The van der Waals surface area contributed by atoms with Crippen molar-refractivity contribution in [3.8, 4) is 0 Å². The van der Waals surface area contributed by atoms with Gasteiger partial charge in [0.1, 0.15) is 11.3 Å². The maximum atomic E-state index is 15.8. The number of nitro groups is 1. The number of nitro benzene ring substituents is 1. The summed E-state index contributed by atoms with van der Waals surface area (Å²) in [7, 11) is -4.40. The fraction of sp³-hybridized carbons (Fsp3) is 0.182. The van der Waals surface area contributed by atoms with E-state index in [0.717, 1.165) is 45.8 Å². The fourth-order valence-electron chi connectivity index (χ4n) is 5.74. The van der Waals surface area contributed by atoms with Crippen molar-refractivity contribution in [3.05, 3.63) is 140 Å². The number of carbonyl (C=O) groups is 1. The highest BCUT2D eigenvalue weighted by Gasteiger charge is 2.32. The monoisotopic (exact) mass is 634 g/mol. The molecule has 0 saturated heterocycles. The first-order valence-corrected chi connectivity index (χ1v) is 15.6. The Morgan fingerprint density at radius 2 is 1.61 bits per heavy atom. The molecular weight excluding hydrogens is 607 g/mol. The van der Waals surface area contributed by atoms with Gasteiger partial charge in [0.15, 0.2) is 0 Å². The van der Waals surface area contributed by atoms with Gasteiger partial charge in [0.2, 0.25) is 0 Å². The molecule has 0 radical (unpaired) electrons. The SMILES string of the molecule is CCC[C@H](c1ccc(C(=O)O)cc1)[C@H](c1ccc(Cl)cc1)c1cn(S(=O)(=O)c2ccc([N+](=O)[O-])cc2)c2c(F)cc(C)cc12. The fourth-order valence-corrected chi connectivity index (χ4v) is 7.25. The minimum Gasteiger partial charge on any atom is -0.478 e. The van der Waals surface area contributed by atoms with Crippen molar-refractivity contribution >= 4 is 44.2 Å². The number of nitrogens with zero attached hydrogens (tertiary/aromatic N) is 2. The van der Waals surface area contributed by atoms with E-state index in [1.54, 1.807) is 37.3 Å². The number of carboxylic acids is 1. The Morgan fingerprint density at radius 3 is 2.18 bits per heavy atom. The van der Waals surface area contributed by atoms with Gasteiger partial charge >= 0.3 is 5.97 Å². The predicted molar refractivity (Wildman–Crippen MR) is 167 cm³/mol. The summed E-state index contributed by atoms with van der Waals surface area (Å²) in [4.78, 5) is 21.9. The number of non-ortho nitro benzene ring substituents is 1. The van der Waals surface area contributed by atoms with Crippen LogP contribution in [-0.4, -0.2) is 28.4 Å². The number of carboxylic acid groups (broad SMARTS) is 1. The van der Waals surface area contributed by atoms with Gasteiger partial charge in [0.25, 0.3) is 15.7 Å². The lowest BCUT2D eigenvalue weighted by Crippen LogP contribution is -2.15. The lowest BCUT2D eigenvalue weighted by atomic mass is 9.75. The van der Waals surface area contributed by atoms with Gasteiger partial charge in [-0.2, -0.15) is 0 Å². The Hall–Kier alpha value is -4.54. The molecule has 0 bridgehead atoms. The highest BCUT2D eigenvalue weighted by Crippen LogP contribution is 2.46. The molecule has 1 aromatic heterocycles. The van der Waals surface area contributed by atoms with Crippen molar-refractivity contribution in [1.82, 2.24) is 3.97 Å². The normalized spacial score (nSPS) is 13.1. The van der Waals surface area contributed by atoms with E-state index in [-0.39, 0.29) is 27.6 Å². The number of aromatic carboxylic acids is 1. The molecule has 0 amide bonds. The highest BCUT2D eigenvalue weighted by atomic mass is 35.5. The van der Waals surface area contributed by atoms with Crippen molar-refractivity contribution in [3.63, 3.8) is 0 Å². The van der Waals surface area contributed by atoms with E-state index in [4.69, 9.17) is 11.6 Å². The zero-order valence-electron chi connectivity index (χ0n) is 23.8. The molecule has 0 spiro atoms. The Morgan fingerprint density at radius 1 is 1.00 bits per heavy atom. The van der Waals surface area contributed by atoms with Crippen LogP contribution in [-0.2, 0) is 10.0 Å². The van der Waals surface area contributed by atoms with Gasteiger partial charge in [0.05, 0.1) is 15.4 Å². The van der Waals surface area contributed by atoms with E-state index < -0.39 is 32.7 Å². The van der Waals surface area contributed by atoms with E-state index in [2.05, 4.69) is 0 Å². The topological polar surface area (TPSA) is 120 Å². The molecule has 0 fully saturated rings. The van der Waals surface area contributed by atoms with E-state index in [1.807, 2.05) is 19.1 Å². The zero-order valence-corrected chi connectivity index (χ0v) is 25.3.